The quantitative estimate of drug-likeness (QED) is 0.928. The van der Waals surface area contributed by atoms with Gasteiger partial charge in [-0.15, -0.1) is 0 Å². The van der Waals surface area contributed by atoms with E-state index in [4.69, 9.17) is 9.47 Å². The summed E-state index contributed by atoms with van der Waals surface area (Å²) in [6, 6.07) is 5.85. The Morgan fingerprint density at radius 1 is 1.30 bits per heavy atom. The van der Waals surface area contributed by atoms with Crippen LogP contribution in [0.3, 0.4) is 0 Å². The van der Waals surface area contributed by atoms with Crippen molar-refractivity contribution in [1.82, 2.24) is 14.9 Å². The summed E-state index contributed by atoms with van der Waals surface area (Å²) in [5.41, 5.74) is 0.936. The highest BCUT2D eigenvalue weighted by atomic mass is 16.6. The molecule has 2 aliphatic heterocycles. The predicted octanol–water partition coefficient (Wildman–Crippen LogP) is 1.33. The molecule has 0 bridgehead atoms. The van der Waals surface area contributed by atoms with Gasteiger partial charge in [0.05, 0.1) is 6.42 Å². The molecule has 6 nitrogen and oxygen atoms in total. The van der Waals surface area contributed by atoms with E-state index in [-0.39, 0.29) is 11.9 Å². The molecule has 6 heteroatoms. The molecule has 2 aromatic rings. The van der Waals surface area contributed by atoms with Crippen LogP contribution in [0.25, 0.3) is 0 Å². The lowest BCUT2D eigenvalue weighted by atomic mass is 10.1. The van der Waals surface area contributed by atoms with Crippen LogP contribution in [0.15, 0.2) is 30.6 Å². The van der Waals surface area contributed by atoms with Crippen molar-refractivity contribution < 1.29 is 14.3 Å². The lowest BCUT2D eigenvalue weighted by Crippen LogP contribution is -2.41. The maximum atomic E-state index is 12.3. The van der Waals surface area contributed by atoms with Crippen LogP contribution in [0.5, 0.6) is 11.5 Å². The Kier molecular flexibility index (Phi) is 3.65. The first-order chi connectivity index (χ1) is 11.3. The summed E-state index contributed by atoms with van der Waals surface area (Å²) in [7, 11) is 0. The monoisotopic (exact) mass is 313 g/mol. The van der Waals surface area contributed by atoms with Crippen LogP contribution in [-0.2, 0) is 24.2 Å². The van der Waals surface area contributed by atoms with Crippen LogP contribution in [0.2, 0.25) is 0 Å². The topological polar surface area (TPSA) is 65.4 Å². The Hall–Kier alpha value is -2.50. The minimum atomic E-state index is 0.0373. The number of hydrogen-bond acceptors (Lipinski definition) is 4. The van der Waals surface area contributed by atoms with Crippen molar-refractivity contribution >= 4 is 5.91 Å². The zero-order valence-electron chi connectivity index (χ0n) is 12.8. The van der Waals surface area contributed by atoms with E-state index in [1.54, 1.807) is 0 Å². The Morgan fingerprint density at radius 3 is 3.09 bits per heavy atom. The van der Waals surface area contributed by atoms with E-state index in [0.717, 1.165) is 42.3 Å². The Bertz CT molecular complexity index is 726. The summed E-state index contributed by atoms with van der Waals surface area (Å²) < 4.78 is 13.2. The fourth-order valence-electron chi connectivity index (χ4n) is 3.15. The Labute approximate surface area is 134 Å². The van der Waals surface area contributed by atoms with Crippen molar-refractivity contribution in [2.75, 3.05) is 13.2 Å². The van der Waals surface area contributed by atoms with E-state index in [1.807, 2.05) is 30.6 Å². The Morgan fingerprint density at radius 2 is 2.17 bits per heavy atom. The fourth-order valence-corrected chi connectivity index (χ4v) is 3.15. The number of benzene rings is 1. The third-order valence-electron chi connectivity index (χ3n) is 4.27. The summed E-state index contributed by atoms with van der Waals surface area (Å²) in [4.78, 5) is 16.6. The van der Waals surface area contributed by atoms with Crippen LogP contribution in [0, 0.1) is 0 Å². The molecule has 1 N–H and O–H groups in total. The van der Waals surface area contributed by atoms with Gasteiger partial charge in [-0.05, 0) is 24.1 Å². The zero-order chi connectivity index (χ0) is 15.6. The molecule has 0 saturated heterocycles. The van der Waals surface area contributed by atoms with Gasteiger partial charge < -0.3 is 19.4 Å². The molecule has 0 unspecified atom stereocenters. The molecule has 120 valence electrons. The van der Waals surface area contributed by atoms with Gasteiger partial charge >= 0.3 is 0 Å². The number of aromatic nitrogens is 2. The molecule has 1 aromatic heterocycles. The van der Waals surface area contributed by atoms with Crippen molar-refractivity contribution in [3.8, 4) is 11.5 Å². The fraction of sp³-hybridized carbons (Fsp3) is 0.412. The second-order valence-electron chi connectivity index (χ2n) is 5.95. The number of aryl methyl sites for hydroxylation is 1. The van der Waals surface area contributed by atoms with E-state index >= 15 is 0 Å². The van der Waals surface area contributed by atoms with Crippen LogP contribution < -0.4 is 14.8 Å². The molecule has 1 amide bonds. The predicted molar refractivity (Wildman–Crippen MR) is 83.6 cm³/mol. The molecule has 2 aliphatic rings. The van der Waals surface area contributed by atoms with E-state index in [1.165, 1.54) is 0 Å². The van der Waals surface area contributed by atoms with Crippen LogP contribution in [0.4, 0.5) is 0 Å². The number of amides is 1. The molecule has 4 rings (SSSR count). The van der Waals surface area contributed by atoms with Gasteiger partial charge in [0.15, 0.2) is 11.5 Å². The van der Waals surface area contributed by atoms with Gasteiger partial charge in [-0.3, -0.25) is 4.79 Å². The zero-order valence-corrected chi connectivity index (χ0v) is 12.8. The summed E-state index contributed by atoms with van der Waals surface area (Å²) in [5, 5.41) is 3.12. The van der Waals surface area contributed by atoms with E-state index in [0.29, 0.717) is 19.6 Å². The maximum Gasteiger partial charge on any atom is 0.224 e. The number of rotatable bonds is 3. The summed E-state index contributed by atoms with van der Waals surface area (Å²) in [6.45, 7) is 1.92. The first-order valence-electron chi connectivity index (χ1n) is 7.96. The second-order valence-corrected chi connectivity index (χ2v) is 5.95. The minimum Gasteiger partial charge on any atom is -0.486 e. The van der Waals surface area contributed by atoms with Gasteiger partial charge in [0, 0.05) is 31.4 Å². The minimum absolute atomic E-state index is 0.0373. The summed E-state index contributed by atoms with van der Waals surface area (Å²) >= 11 is 0. The van der Waals surface area contributed by atoms with Crippen molar-refractivity contribution in [2.24, 2.45) is 0 Å². The second kappa shape index (κ2) is 5.95. The van der Waals surface area contributed by atoms with Gasteiger partial charge in [-0.2, -0.15) is 0 Å². The van der Waals surface area contributed by atoms with Gasteiger partial charge in [-0.25, -0.2) is 4.98 Å². The average molecular weight is 313 g/mol. The number of carbonyl (C=O) groups is 1. The van der Waals surface area contributed by atoms with E-state index in [9.17, 15) is 4.79 Å². The number of hydrogen-bond donors (Lipinski definition) is 1. The van der Waals surface area contributed by atoms with Crippen molar-refractivity contribution in [3.05, 3.63) is 42.0 Å². The standard InChI is InChI=1S/C17H19N3O3/c21-17(19-13-2-4-16-18-5-6-20(16)11-13)10-12-1-3-14-15(9-12)23-8-7-22-14/h1,3,5-6,9,13H,2,4,7-8,10-11H2,(H,19,21)/t13-/m0/s1. The molecule has 1 aromatic carbocycles. The van der Waals surface area contributed by atoms with Gasteiger partial charge in [0.25, 0.3) is 0 Å². The van der Waals surface area contributed by atoms with E-state index < -0.39 is 0 Å². The summed E-state index contributed by atoms with van der Waals surface area (Å²) in [5.74, 6) is 2.61. The van der Waals surface area contributed by atoms with Gasteiger partial charge in [0.1, 0.15) is 19.0 Å². The molecule has 0 radical (unpaired) electrons. The van der Waals surface area contributed by atoms with Crippen molar-refractivity contribution in [2.45, 2.75) is 31.8 Å². The molecule has 0 spiro atoms. The highest BCUT2D eigenvalue weighted by Crippen LogP contribution is 2.30. The number of nitrogens with zero attached hydrogens (tertiary/aromatic N) is 2. The maximum absolute atomic E-state index is 12.3. The molecule has 23 heavy (non-hydrogen) atoms. The van der Waals surface area contributed by atoms with Crippen LogP contribution in [-0.4, -0.2) is 34.7 Å². The summed E-state index contributed by atoms with van der Waals surface area (Å²) in [6.07, 6.45) is 5.97. The number of carbonyl (C=O) groups excluding carboxylic acids is 1. The van der Waals surface area contributed by atoms with Crippen molar-refractivity contribution in [3.63, 3.8) is 0 Å². The van der Waals surface area contributed by atoms with Gasteiger partial charge in [0.2, 0.25) is 5.91 Å². The lowest BCUT2D eigenvalue weighted by Gasteiger charge is -2.25. The number of imidazole rings is 1. The third kappa shape index (κ3) is 3.02. The van der Waals surface area contributed by atoms with Crippen LogP contribution >= 0.6 is 0 Å². The molecule has 3 heterocycles. The lowest BCUT2D eigenvalue weighted by molar-refractivity contribution is -0.121. The first-order valence-corrected chi connectivity index (χ1v) is 7.96. The molecule has 1 atom stereocenters. The molecular weight excluding hydrogens is 294 g/mol. The largest absolute Gasteiger partial charge is 0.486 e. The van der Waals surface area contributed by atoms with Gasteiger partial charge in [-0.1, -0.05) is 6.07 Å². The van der Waals surface area contributed by atoms with Crippen molar-refractivity contribution in [1.29, 1.82) is 0 Å². The third-order valence-corrected chi connectivity index (χ3v) is 4.27. The highest BCUT2D eigenvalue weighted by molar-refractivity contribution is 5.79. The average Bonchev–Trinajstić information content (AvgIpc) is 3.02. The normalized spacial score (nSPS) is 19.0. The molecule has 0 fully saturated rings. The first kappa shape index (κ1) is 14.1. The molecular formula is C17H19N3O3. The number of fused-ring (bicyclic) bond motifs is 2. The molecule has 0 aliphatic carbocycles. The number of ether oxygens (including phenoxy) is 2. The smallest absolute Gasteiger partial charge is 0.224 e. The Balaban J connectivity index is 1.37. The highest BCUT2D eigenvalue weighted by Gasteiger charge is 2.20. The van der Waals surface area contributed by atoms with E-state index in [2.05, 4.69) is 14.9 Å². The molecule has 0 saturated carbocycles. The number of nitrogens with one attached hydrogen (secondary N) is 1. The SMILES string of the molecule is O=C(Cc1ccc2c(c1)OCCO2)N[C@H]1CCc2nccn2C1. The van der Waals surface area contributed by atoms with Crippen LogP contribution in [0.1, 0.15) is 17.8 Å².